The number of hydrogen-bond acceptors (Lipinski definition) is 2. The van der Waals surface area contributed by atoms with E-state index in [9.17, 15) is 18.0 Å². The third kappa shape index (κ3) is 4.68. The molecule has 1 unspecified atom stereocenters. The van der Waals surface area contributed by atoms with E-state index in [2.05, 4.69) is 12.6 Å². The van der Waals surface area contributed by atoms with E-state index >= 15 is 0 Å². The minimum atomic E-state index is -4.83. The van der Waals surface area contributed by atoms with Gasteiger partial charge in [-0.3, -0.25) is 4.79 Å². The van der Waals surface area contributed by atoms with Crippen molar-refractivity contribution in [2.45, 2.75) is 30.5 Å². The molecule has 0 aliphatic carbocycles. The van der Waals surface area contributed by atoms with Gasteiger partial charge in [0.1, 0.15) is 0 Å². The highest BCUT2D eigenvalue weighted by Gasteiger charge is 2.39. The van der Waals surface area contributed by atoms with Gasteiger partial charge >= 0.3 is 12.1 Å². The van der Waals surface area contributed by atoms with Crippen molar-refractivity contribution in [2.75, 3.05) is 0 Å². The smallest absolute Gasteiger partial charge is 0.345 e. The zero-order chi connectivity index (χ0) is 13.1. The molecule has 17 heavy (non-hydrogen) atoms. The Hall–Kier alpha value is -1.17. The Balaban J connectivity index is 2.53. The van der Waals surface area contributed by atoms with Crippen molar-refractivity contribution in [3.63, 3.8) is 0 Å². The van der Waals surface area contributed by atoms with Crippen LogP contribution in [-0.2, 0) is 11.2 Å². The molecule has 6 heteroatoms. The highest BCUT2D eigenvalue weighted by molar-refractivity contribution is 7.80. The topological polar surface area (TPSA) is 29.1 Å². The van der Waals surface area contributed by atoms with Gasteiger partial charge in [-0.2, -0.15) is 13.2 Å². The molecule has 0 aliphatic heterocycles. The Bertz CT molecular complexity index is 389. The first-order valence-corrected chi connectivity index (χ1v) is 5.39. The van der Waals surface area contributed by atoms with Crippen LogP contribution in [0.3, 0.4) is 0 Å². The lowest BCUT2D eigenvalue weighted by molar-refractivity contribution is -0.174. The second kappa shape index (κ2) is 5.44. The molecule has 94 valence electrons. The molecule has 0 saturated carbocycles. The predicted octanol–water partition coefficient (Wildman–Crippen LogP) is 2.58. The van der Waals surface area contributed by atoms with Gasteiger partial charge in [0.15, 0.2) is 0 Å². The number of nitrogens with one attached hydrogen (secondary N) is 1. The summed E-state index contributed by atoms with van der Waals surface area (Å²) in [6.45, 7) is 1.53. The number of amides is 1. The molecule has 1 rings (SSSR count). The summed E-state index contributed by atoms with van der Waals surface area (Å²) >= 11 is 4.10. The number of hydrogen-bond donors (Lipinski definition) is 2. The molecule has 0 fully saturated rings. The van der Waals surface area contributed by atoms with Crippen LogP contribution in [0.15, 0.2) is 29.2 Å². The lowest BCUT2D eigenvalue weighted by atomic mass is 10.1. The summed E-state index contributed by atoms with van der Waals surface area (Å²) in [6, 6.07) is 6.44. The summed E-state index contributed by atoms with van der Waals surface area (Å²) in [4.78, 5) is 11.4. The van der Waals surface area contributed by atoms with Crippen molar-refractivity contribution in [1.82, 2.24) is 5.32 Å². The molecule has 0 heterocycles. The van der Waals surface area contributed by atoms with Crippen molar-refractivity contribution in [3.8, 4) is 0 Å². The number of carbonyl (C=O) groups is 1. The van der Waals surface area contributed by atoms with Crippen LogP contribution < -0.4 is 5.32 Å². The number of carbonyl (C=O) groups excluding carboxylic acids is 1. The highest BCUT2D eigenvalue weighted by atomic mass is 32.1. The van der Waals surface area contributed by atoms with Crippen LogP contribution in [0.25, 0.3) is 0 Å². The van der Waals surface area contributed by atoms with Gasteiger partial charge in [0, 0.05) is 10.9 Å². The van der Waals surface area contributed by atoms with Crippen molar-refractivity contribution in [3.05, 3.63) is 29.8 Å². The van der Waals surface area contributed by atoms with E-state index in [4.69, 9.17) is 0 Å². The maximum Gasteiger partial charge on any atom is 0.471 e. The second-order valence-corrected chi connectivity index (χ2v) is 4.26. The lowest BCUT2D eigenvalue weighted by Gasteiger charge is -2.15. The van der Waals surface area contributed by atoms with Crippen LogP contribution >= 0.6 is 12.6 Å². The van der Waals surface area contributed by atoms with Crippen LogP contribution in [0.1, 0.15) is 12.5 Å². The SMILES string of the molecule is CC(Cc1ccc(S)cc1)NC(=O)C(F)(F)F. The van der Waals surface area contributed by atoms with E-state index in [1.165, 1.54) is 6.92 Å². The van der Waals surface area contributed by atoms with Crippen LogP contribution in [0, 0.1) is 0 Å². The molecule has 0 aliphatic rings. The molecule has 1 N–H and O–H groups in total. The molecule has 2 nitrogen and oxygen atoms in total. The van der Waals surface area contributed by atoms with Gasteiger partial charge < -0.3 is 5.32 Å². The van der Waals surface area contributed by atoms with Gasteiger partial charge in [0.2, 0.25) is 0 Å². The number of alkyl halides is 3. The first kappa shape index (κ1) is 13.9. The Morgan fingerprint density at radius 1 is 1.35 bits per heavy atom. The van der Waals surface area contributed by atoms with Gasteiger partial charge in [-0.15, -0.1) is 12.6 Å². The largest absolute Gasteiger partial charge is 0.471 e. The third-order valence-electron chi connectivity index (χ3n) is 2.11. The fraction of sp³-hybridized carbons (Fsp3) is 0.364. The molecule has 1 aromatic carbocycles. The van der Waals surface area contributed by atoms with Gasteiger partial charge in [-0.1, -0.05) is 12.1 Å². The average Bonchev–Trinajstić information content (AvgIpc) is 2.20. The molecule has 1 atom stereocenters. The number of benzene rings is 1. The minimum absolute atomic E-state index is 0.343. The maximum absolute atomic E-state index is 12.0. The predicted molar refractivity (Wildman–Crippen MR) is 61.1 cm³/mol. The summed E-state index contributed by atoms with van der Waals surface area (Å²) in [5.74, 6) is -1.91. The Morgan fingerprint density at radius 3 is 2.35 bits per heavy atom. The number of rotatable bonds is 3. The summed E-state index contributed by atoms with van der Waals surface area (Å²) in [6.07, 6.45) is -4.49. The molecular formula is C11H12F3NOS. The van der Waals surface area contributed by atoms with Crippen LogP contribution in [0.5, 0.6) is 0 Å². The zero-order valence-corrected chi connectivity index (χ0v) is 9.98. The average molecular weight is 263 g/mol. The zero-order valence-electron chi connectivity index (χ0n) is 9.08. The van der Waals surface area contributed by atoms with Gasteiger partial charge in [0.25, 0.3) is 0 Å². The van der Waals surface area contributed by atoms with E-state index in [1.54, 1.807) is 24.3 Å². The standard InChI is InChI=1S/C11H12F3NOS/c1-7(15-10(16)11(12,13)14)6-8-2-4-9(17)5-3-8/h2-5,7,17H,6H2,1H3,(H,15,16). The molecule has 1 amide bonds. The summed E-state index contributed by atoms with van der Waals surface area (Å²) in [5.41, 5.74) is 0.845. The maximum atomic E-state index is 12.0. The Labute approximate surface area is 103 Å². The van der Waals surface area contributed by atoms with Crippen molar-refractivity contribution < 1.29 is 18.0 Å². The molecule has 1 aromatic rings. The Morgan fingerprint density at radius 2 is 1.88 bits per heavy atom. The molecule has 0 spiro atoms. The molecule has 0 radical (unpaired) electrons. The third-order valence-corrected chi connectivity index (χ3v) is 2.41. The van der Waals surface area contributed by atoms with Crippen LogP contribution in [-0.4, -0.2) is 18.1 Å². The quantitative estimate of drug-likeness (QED) is 0.806. The van der Waals surface area contributed by atoms with Gasteiger partial charge in [-0.25, -0.2) is 0 Å². The lowest BCUT2D eigenvalue weighted by Crippen LogP contribution is -2.42. The van der Waals surface area contributed by atoms with E-state index in [1.807, 2.05) is 5.32 Å². The first-order chi connectivity index (χ1) is 7.79. The number of halogens is 3. The van der Waals surface area contributed by atoms with Crippen molar-refractivity contribution >= 4 is 18.5 Å². The first-order valence-electron chi connectivity index (χ1n) is 4.94. The minimum Gasteiger partial charge on any atom is -0.345 e. The van der Waals surface area contributed by atoms with Crippen molar-refractivity contribution in [1.29, 1.82) is 0 Å². The van der Waals surface area contributed by atoms with E-state index < -0.39 is 18.1 Å². The summed E-state index contributed by atoms with van der Waals surface area (Å²) in [7, 11) is 0. The summed E-state index contributed by atoms with van der Waals surface area (Å²) < 4.78 is 35.9. The Kier molecular flexibility index (Phi) is 4.45. The van der Waals surface area contributed by atoms with E-state index in [0.717, 1.165) is 10.5 Å². The van der Waals surface area contributed by atoms with Crippen LogP contribution in [0.4, 0.5) is 13.2 Å². The van der Waals surface area contributed by atoms with Crippen molar-refractivity contribution in [2.24, 2.45) is 0 Å². The van der Waals surface area contributed by atoms with Crippen LogP contribution in [0.2, 0.25) is 0 Å². The van der Waals surface area contributed by atoms with E-state index in [0.29, 0.717) is 6.42 Å². The normalized spacial score (nSPS) is 13.2. The fourth-order valence-corrected chi connectivity index (χ4v) is 1.49. The fourth-order valence-electron chi connectivity index (χ4n) is 1.34. The monoisotopic (exact) mass is 263 g/mol. The van der Waals surface area contributed by atoms with Gasteiger partial charge in [0.05, 0.1) is 0 Å². The summed E-state index contributed by atoms with van der Waals surface area (Å²) in [5, 5.41) is 1.90. The van der Waals surface area contributed by atoms with Gasteiger partial charge in [-0.05, 0) is 31.0 Å². The highest BCUT2D eigenvalue weighted by Crippen LogP contribution is 2.15. The van der Waals surface area contributed by atoms with E-state index in [-0.39, 0.29) is 0 Å². The molecular weight excluding hydrogens is 251 g/mol. The molecule has 0 saturated heterocycles. The second-order valence-electron chi connectivity index (χ2n) is 3.74. The molecule has 0 aromatic heterocycles. The molecule has 0 bridgehead atoms. The number of thiol groups is 1.